The number of carbonyl (C=O) groups excluding carboxylic acids is 2. The van der Waals surface area contributed by atoms with Crippen LogP contribution in [-0.2, 0) is 11.8 Å². The van der Waals surface area contributed by atoms with Crippen molar-refractivity contribution in [3.8, 4) is 0 Å². The number of nitrogens with one attached hydrogen (secondary N) is 3. The fourth-order valence-corrected chi connectivity index (χ4v) is 4.27. The Bertz CT molecular complexity index is 1300. The molecule has 0 radical (unpaired) electrons. The second kappa shape index (κ2) is 9.51. The molecule has 0 atom stereocenters. The lowest BCUT2D eigenvalue weighted by Gasteiger charge is -2.06. The van der Waals surface area contributed by atoms with Gasteiger partial charge in [-0.15, -0.1) is 0 Å². The maximum absolute atomic E-state index is 12.4. The first kappa shape index (κ1) is 22.0. The smallest absolute Gasteiger partial charge is 0.251 e. The predicted octanol–water partition coefficient (Wildman–Crippen LogP) is 2.81. The highest BCUT2D eigenvalue weighted by Crippen LogP contribution is 2.31. The Balaban J connectivity index is 1.47. The number of aromatic nitrogens is 3. The van der Waals surface area contributed by atoms with Crippen LogP contribution in [0, 0.1) is 0 Å². The zero-order chi connectivity index (χ0) is 22.7. The molecule has 0 aliphatic rings. The Morgan fingerprint density at radius 3 is 2.78 bits per heavy atom. The number of carbonyl (C=O) groups is 2. The van der Waals surface area contributed by atoms with Crippen LogP contribution in [0.15, 0.2) is 36.4 Å². The molecule has 11 heteroatoms. The lowest BCUT2D eigenvalue weighted by atomic mass is 10.2. The molecule has 4 N–H and O–H groups in total. The molecule has 0 aliphatic heterocycles. The Morgan fingerprint density at radius 2 is 1.97 bits per heavy atom. The van der Waals surface area contributed by atoms with E-state index < -0.39 is 0 Å². The van der Waals surface area contributed by atoms with Crippen molar-refractivity contribution in [2.24, 2.45) is 7.05 Å². The van der Waals surface area contributed by atoms with Crippen molar-refractivity contribution in [2.75, 3.05) is 25.0 Å². The van der Waals surface area contributed by atoms with Crippen LogP contribution in [0.25, 0.3) is 21.3 Å². The zero-order valence-electron chi connectivity index (χ0n) is 17.2. The van der Waals surface area contributed by atoms with E-state index in [2.05, 4.69) is 25.9 Å². The average Bonchev–Trinajstić information content (AvgIpc) is 3.31. The van der Waals surface area contributed by atoms with Crippen molar-refractivity contribution in [2.45, 2.75) is 6.42 Å². The van der Waals surface area contributed by atoms with Gasteiger partial charge >= 0.3 is 0 Å². The highest BCUT2D eigenvalue weighted by Gasteiger charge is 2.14. The van der Waals surface area contributed by atoms with Crippen LogP contribution in [0.4, 0.5) is 11.1 Å². The van der Waals surface area contributed by atoms with Gasteiger partial charge in [0.25, 0.3) is 5.91 Å². The minimum absolute atomic E-state index is 0.000886. The quantitative estimate of drug-likeness (QED) is 0.293. The van der Waals surface area contributed by atoms with E-state index in [1.54, 1.807) is 18.2 Å². The van der Waals surface area contributed by atoms with Crippen LogP contribution in [0.2, 0.25) is 5.02 Å². The first-order valence-corrected chi connectivity index (χ1v) is 11.1. The number of aliphatic hydroxyl groups is 1. The molecule has 2 amide bonds. The Morgan fingerprint density at radius 1 is 1.12 bits per heavy atom. The van der Waals surface area contributed by atoms with Gasteiger partial charge in [-0.25, -0.2) is 9.97 Å². The number of benzene rings is 2. The lowest BCUT2D eigenvalue weighted by Crippen LogP contribution is -2.37. The maximum Gasteiger partial charge on any atom is 0.251 e. The number of amides is 2. The van der Waals surface area contributed by atoms with Gasteiger partial charge in [0.1, 0.15) is 0 Å². The number of aryl methyl sites for hydroxylation is 1. The summed E-state index contributed by atoms with van der Waals surface area (Å²) in [6.07, 6.45) is 0.469. The van der Waals surface area contributed by atoms with E-state index >= 15 is 0 Å². The average molecular weight is 473 g/mol. The Kier molecular flexibility index (Phi) is 6.54. The van der Waals surface area contributed by atoms with Crippen molar-refractivity contribution >= 4 is 67.1 Å². The van der Waals surface area contributed by atoms with Crippen LogP contribution in [-0.4, -0.2) is 51.2 Å². The molecular formula is C21H21ClN6O3S. The fourth-order valence-electron chi connectivity index (χ4n) is 3.13. The maximum atomic E-state index is 12.4. The monoisotopic (exact) mass is 472 g/mol. The predicted molar refractivity (Wildman–Crippen MR) is 126 cm³/mol. The molecule has 0 aliphatic carbocycles. The lowest BCUT2D eigenvalue weighted by molar-refractivity contribution is -0.120. The van der Waals surface area contributed by atoms with Gasteiger partial charge in [-0.3, -0.25) is 9.59 Å². The molecule has 0 unspecified atom stereocenters. The van der Waals surface area contributed by atoms with Crippen LogP contribution in [0.1, 0.15) is 16.8 Å². The van der Waals surface area contributed by atoms with Crippen molar-refractivity contribution in [3.63, 3.8) is 0 Å². The van der Waals surface area contributed by atoms with Crippen LogP contribution in [0.3, 0.4) is 0 Å². The molecule has 0 saturated heterocycles. The first-order valence-electron chi connectivity index (χ1n) is 9.90. The van der Waals surface area contributed by atoms with Crippen LogP contribution >= 0.6 is 22.9 Å². The molecule has 2 aromatic heterocycles. The number of nitrogens with zero attached hydrogens (tertiary/aromatic N) is 3. The van der Waals surface area contributed by atoms with E-state index in [-0.39, 0.29) is 25.0 Å². The summed E-state index contributed by atoms with van der Waals surface area (Å²) in [5.41, 5.74) is 2.73. The summed E-state index contributed by atoms with van der Waals surface area (Å²) in [6.45, 7) is 0.225. The fraction of sp³-hybridized carbons (Fsp3) is 0.238. The third-order valence-corrected chi connectivity index (χ3v) is 5.95. The Hall–Kier alpha value is -3.21. The number of rotatable bonds is 8. The van der Waals surface area contributed by atoms with Crippen LogP contribution in [0.5, 0.6) is 0 Å². The first-order chi connectivity index (χ1) is 15.4. The number of fused-ring (bicyclic) bond motifs is 2. The largest absolute Gasteiger partial charge is 0.396 e. The molecule has 9 nitrogen and oxygen atoms in total. The zero-order valence-corrected chi connectivity index (χ0v) is 18.8. The van der Waals surface area contributed by atoms with E-state index in [1.165, 1.54) is 11.3 Å². The number of aliphatic hydroxyl groups excluding tert-OH is 1. The van der Waals surface area contributed by atoms with Gasteiger partial charge < -0.3 is 25.6 Å². The van der Waals surface area contributed by atoms with E-state index in [0.717, 1.165) is 15.7 Å². The van der Waals surface area contributed by atoms with E-state index in [4.69, 9.17) is 16.7 Å². The van der Waals surface area contributed by atoms with Crippen molar-refractivity contribution < 1.29 is 14.7 Å². The summed E-state index contributed by atoms with van der Waals surface area (Å²) in [4.78, 5) is 33.3. The number of hydrogen-bond acceptors (Lipinski definition) is 7. The van der Waals surface area contributed by atoms with E-state index in [1.807, 2.05) is 29.8 Å². The van der Waals surface area contributed by atoms with Gasteiger partial charge in [0.2, 0.25) is 11.9 Å². The van der Waals surface area contributed by atoms with Crippen molar-refractivity contribution in [1.82, 2.24) is 25.2 Å². The molecule has 0 spiro atoms. The summed E-state index contributed by atoms with van der Waals surface area (Å²) in [5.74, 6) is -0.0901. The molecule has 2 aromatic carbocycles. The third-order valence-electron chi connectivity index (χ3n) is 4.78. The molecule has 4 aromatic rings. The molecule has 0 saturated carbocycles. The number of imidazole rings is 1. The highest BCUT2D eigenvalue weighted by atomic mass is 35.5. The minimum atomic E-state index is -0.368. The van der Waals surface area contributed by atoms with Gasteiger partial charge in [0.05, 0.1) is 27.8 Å². The summed E-state index contributed by atoms with van der Waals surface area (Å²) in [5, 5.41) is 18.5. The van der Waals surface area contributed by atoms with E-state index in [0.29, 0.717) is 40.1 Å². The second-order valence-electron chi connectivity index (χ2n) is 7.06. The summed E-state index contributed by atoms with van der Waals surface area (Å²) in [6, 6.07) is 10.7. The van der Waals surface area contributed by atoms with Crippen molar-refractivity contribution in [1.29, 1.82) is 0 Å². The molecule has 0 fully saturated rings. The normalized spacial score (nSPS) is 11.1. The van der Waals surface area contributed by atoms with Gasteiger partial charge in [0, 0.05) is 30.8 Å². The van der Waals surface area contributed by atoms with Crippen LogP contribution < -0.4 is 16.0 Å². The SMILES string of the molecule is Cn1c(Nc2nc3ccc(Cl)cc3s2)nc2cc(C(=O)NCC(=O)NCCCO)ccc21. The highest BCUT2D eigenvalue weighted by molar-refractivity contribution is 7.22. The summed E-state index contributed by atoms with van der Waals surface area (Å²) in [7, 11) is 1.87. The third kappa shape index (κ3) is 4.82. The number of hydrogen-bond donors (Lipinski definition) is 4. The molecule has 2 heterocycles. The topological polar surface area (TPSA) is 121 Å². The molecule has 166 valence electrons. The Labute approximate surface area is 192 Å². The standard InChI is InChI=1S/C21H21ClN6O3S/c1-28-16-6-3-12(19(31)24-11-18(30)23-7-2-8-29)9-15(16)25-20(28)27-21-26-14-5-4-13(22)10-17(14)32-21/h3-6,9-10,29H,2,7-8,11H2,1H3,(H,23,30)(H,24,31)(H,25,26,27). The number of anilines is 2. The molecule has 32 heavy (non-hydrogen) atoms. The minimum Gasteiger partial charge on any atom is -0.396 e. The second-order valence-corrected chi connectivity index (χ2v) is 8.53. The molecular weight excluding hydrogens is 452 g/mol. The molecule has 4 rings (SSSR count). The van der Waals surface area contributed by atoms with Gasteiger partial charge in [-0.05, 0) is 42.8 Å². The summed E-state index contributed by atoms with van der Waals surface area (Å²) >= 11 is 7.53. The molecule has 0 bridgehead atoms. The number of thiazole rings is 1. The van der Waals surface area contributed by atoms with Gasteiger partial charge in [0.15, 0.2) is 5.13 Å². The van der Waals surface area contributed by atoms with E-state index in [9.17, 15) is 9.59 Å². The van der Waals surface area contributed by atoms with Gasteiger partial charge in [-0.2, -0.15) is 0 Å². The number of halogens is 1. The van der Waals surface area contributed by atoms with Gasteiger partial charge in [-0.1, -0.05) is 22.9 Å². The summed E-state index contributed by atoms with van der Waals surface area (Å²) < 4.78 is 2.85. The van der Waals surface area contributed by atoms with Crippen molar-refractivity contribution in [3.05, 3.63) is 47.0 Å².